The molecule has 20 heavy (non-hydrogen) atoms. The number of amides is 1. The number of aliphatic carboxylic acids is 1. The number of carbonyl (C=O) groups is 2. The number of imidazole rings is 1. The fourth-order valence-corrected chi connectivity index (χ4v) is 2.59. The van der Waals surface area contributed by atoms with Crippen molar-refractivity contribution < 1.29 is 14.7 Å². The molecule has 1 aromatic rings. The maximum Gasteiger partial charge on any atom is 0.326 e. The van der Waals surface area contributed by atoms with Crippen LogP contribution in [0.25, 0.3) is 0 Å². The molecule has 0 aliphatic carbocycles. The Morgan fingerprint density at radius 2 is 2.45 bits per heavy atom. The molecular weight excluding hydrogens is 280 g/mol. The Labute approximate surface area is 120 Å². The van der Waals surface area contributed by atoms with Gasteiger partial charge in [-0.1, -0.05) is 0 Å². The van der Waals surface area contributed by atoms with Crippen molar-refractivity contribution in [3.63, 3.8) is 0 Å². The van der Waals surface area contributed by atoms with Crippen molar-refractivity contribution in [1.29, 1.82) is 0 Å². The number of carboxylic acids is 1. The van der Waals surface area contributed by atoms with Crippen LogP contribution in [0.15, 0.2) is 6.33 Å². The topological polar surface area (TPSA) is 107 Å². The first-order chi connectivity index (χ1) is 9.61. The highest BCUT2D eigenvalue weighted by Crippen LogP contribution is 2.12. The molecule has 1 aromatic heterocycles. The maximum atomic E-state index is 12.1. The van der Waals surface area contributed by atoms with Crippen molar-refractivity contribution in [1.82, 2.24) is 20.6 Å². The van der Waals surface area contributed by atoms with Gasteiger partial charge in [0.2, 0.25) is 5.91 Å². The molecule has 2 rings (SSSR count). The summed E-state index contributed by atoms with van der Waals surface area (Å²) >= 11 is 1.56. The lowest BCUT2D eigenvalue weighted by Crippen LogP contribution is -2.52. The molecular formula is C12H18N4O3S. The largest absolute Gasteiger partial charge is 0.480 e. The molecule has 0 bridgehead atoms. The summed E-state index contributed by atoms with van der Waals surface area (Å²) in [7, 11) is 0. The van der Waals surface area contributed by atoms with E-state index in [9.17, 15) is 9.59 Å². The van der Waals surface area contributed by atoms with Gasteiger partial charge in [-0.25, -0.2) is 9.78 Å². The Kier molecular flexibility index (Phi) is 5.02. The summed E-state index contributed by atoms with van der Waals surface area (Å²) in [4.78, 5) is 30.4. The molecule has 7 nitrogen and oxygen atoms in total. The van der Waals surface area contributed by atoms with Crippen molar-refractivity contribution in [2.24, 2.45) is 0 Å². The average Bonchev–Trinajstić information content (AvgIpc) is 2.90. The van der Waals surface area contributed by atoms with Gasteiger partial charge in [-0.2, -0.15) is 11.8 Å². The van der Waals surface area contributed by atoms with Crippen LogP contribution < -0.4 is 10.6 Å². The fraction of sp³-hybridized carbons (Fsp3) is 0.583. The first kappa shape index (κ1) is 14.9. The predicted octanol–water partition coefficient (Wildman–Crippen LogP) is -0.253. The summed E-state index contributed by atoms with van der Waals surface area (Å²) < 4.78 is 0. The number of nitrogens with one attached hydrogen (secondary N) is 3. The number of nitrogens with zero attached hydrogens (tertiary/aromatic N) is 1. The number of carboxylic acid groups (broad SMARTS) is 1. The number of hydrogen-bond donors (Lipinski definition) is 4. The number of rotatable bonds is 6. The molecule has 110 valence electrons. The second-order valence-electron chi connectivity index (χ2n) is 4.65. The van der Waals surface area contributed by atoms with Crippen LogP contribution >= 0.6 is 11.8 Å². The molecule has 0 saturated carbocycles. The lowest BCUT2D eigenvalue weighted by Gasteiger charge is -2.24. The monoisotopic (exact) mass is 298 g/mol. The third-order valence-corrected chi connectivity index (χ3v) is 3.92. The minimum Gasteiger partial charge on any atom is -0.480 e. The van der Waals surface area contributed by atoms with E-state index in [4.69, 9.17) is 5.11 Å². The molecule has 1 aliphatic rings. The van der Waals surface area contributed by atoms with Crippen LogP contribution in [-0.2, 0) is 22.6 Å². The lowest BCUT2D eigenvalue weighted by molar-refractivity contribution is -0.142. The van der Waals surface area contributed by atoms with Crippen molar-refractivity contribution in [2.75, 3.05) is 12.0 Å². The van der Waals surface area contributed by atoms with E-state index >= 15 is 0 Å². The molecule has 0 fully saturated rings. The predicted molar refractivity (Wildman–Crippen MR) is 75.5 cm³/mol. The Morgan fingerprint density at radius 1 is 1.65 bits per heavy atom. The van der Waals surface area contributed by atoms with Gasteiger partial charge in [0, 0.05) is 13.0 Å². The number of aromatic nitrogens is 2. The first-order valence-corrected chi connectivity index (χ1v) is 7.77. The molecule has 0 saturated heterocycles. The van der Waals surface area contributed by atoms with Crippen LogP contribution in [0.2, 0.25) is 0 Å². The van der Waals surface area contributed by atoms with Gasteiger partial charge < -0.3 is 15.4 Å². The number of aromatic amines is 1. The summed E-state index contributed by atoms with van der Waals surface area (Å²) in [5.41, 5.74) is 1.84. The smallest absolute Gasteiger partial charge is 0.326 e. The van der Waals surface area contributed by atoms with E-state index in [-0.39, 0.29) is 5.91 Å². The van der Waals surface area contributed by atoms with Crippen molar-refractivity contribution in [2.45, 2.75) is 31.5 Å². The summed E-state index contributed by atoms with van der Waals surface area (Å²) in [5.74, 6) is -0.588. The van der Waals surface area contributed by atoms with Gasteiger partial charge >= 0.3 is 5.97 Å². The van der Waals surface area contributed by atoms with E-state index in [1.54, 1.807) is 18.1 Å². The van der Waals surface area contributed by atoms with Crippen LogP contribution in [0.1, 0.15) is 17.8 Å². The number of fused-ring (bicyclic) bond motifs is 1. The standard InChI is InChI=1S/C12H18N4O3S/c1-20-3-2-7(12(18)19)16-11(17)9-4-8-10(5-13-9)15-6-14-8/h6-7,9,13H,2-5H2,1H3,(H,14,15)(H,16,17)(H,18,19)/t7-,9?/m1/s1. The Balaban J connectivity index is 1.92. The molecule has 1 amide bonds. The number of thioether (sulfide) groups is 1. The van der Waals surface area contributed by atoms with Crippen LogP contribution in [0.5, 0.6) is 0 Å². The molecule has 1 unspecified atom stereocenters. The van der Waals surface area contributed by atoms with E-state index < -0.39 is 18.1 Å². The van der Waals surface area contributed by atoms with Crippen LogP contribution in [0.3, 0.4) is 0 Å². The highest BCUT2D eigenvalue weighted by Gasteiger charge is 2.28. The minimum absolute atomic E-state index is 0.285. The van der Waals surface area contributed by atoms with E-state index in [0.29, 0.717) is 25.1 Å². The van der Waals surface area contributed by atoms with E-state index in [1.807, 2.05) is 6.26 Å². The Morgan fingerprint density at radius 3 is 3.15 bits per heavy atom. The number of H-pyrrole nitrogens is 1. The Hall–Kier alpha value is -1.54. The van der Waals surface area contributed by atoms with Crippen LogP contribution in [0, 0.1) is 0 Å². The maximum absolute atomic E-state index is 12.1. The second kappa shape index (κ2) is 6.76. The zero-order valence-corrected chi connectivity index (χ0v) is 12.0. The normalized spacial score (nSPS) is 19.1. The van der Waals surface area contributed by atoms with Gasteiger partial charge in [-0.05, 0) is 18.4 Å². The molecule has 4 N–H and O–H groups in total. The van der Waals surface area contributed by atoms with E-state index in [0.717, 1.165) is 11.4 Å². The lowest BCUT2D eigenvalue weighted by atomic mass is 10.0. The Bertz CT molecular complexity index is 491. The molecule has 8 heteroatoms. The molecule has 2 atom stereocenters. The fourth-order valence-electron chi connectivity index (χ4n) is 2.12. The summed E-state index contributed by atoms with van der Waals surface area (Å²) in [6, 6.07) is -1.26. The summed E-state index contributed by atoms with van der Waals surface area (Å²) in [6.07, 6.45) is 4.40. The SMILES string of the molecule is CSCC[C@@H](NC(=O)C1Cc2nc[nH]c2CN1)C(=O)O. The second-order valence-corrected chi connectivity index (χ2v) is 5.63. The van der Waals surface area contributed by atoms with E-state index in [1.165, 1.54) is 0 Å². The molecule has 0 spiro atoms. The van der Waals surface area contributed by atoms with Gasteiger partial charge in [0.1, 0.15) is 6.04 Å². The minimum atomic E-state index is -0.997. The molecule has 1 aliphatic heterocycles. The van der Waals surface area contributed by atoms with Gasteiger partial charge in [0.25, 0.3) is 0 Å². The van der Waals surface area contributed by atoms with E-state index in [2.05, 4.69) is 20.6 Å². The van der Waals surface area contributed by atoms with Crippen LogP contribution in [0.4, 0.5) is 0 Å². The quantitative estimate of drug-likeness (QED) is 0.577. The third-order valence-electron chi connectivity index (χ3n) is 3.27. The molecule has 2 heterocycles. The zero-order chi connectivity index (χ0) is 14.5. The summed E-state index contributed by atoms with van der Waals surface area (Å²) in [6.45, 7) is 0.538. The first-order valence-electron chi connectivity index (χ1n) is 6.38. The van der Waals surface area contributed by atoms with Gasteiger partial charge in [0.05, 0.1) is 23.8 Å². The summed E-state index contributed by atoms with van der Waals surface area (Å²) in [5, 5.41) is 14.8. The highest BCUT2D eigenvalue weighted by atomic mass is 32.2. The van der Waals surface area contributed by atoms with Crippen LogP contribution in [-0.4, -0.2) is 51.0 Å². The van der Waals surface area contributed by atoms with Crippen molar-refractivity contribution >= 4 is 23.6 Å². The van der Waals surface area contributed by atoms with Gasteiger partial charge in [0.15, 0.2) is 0 Å². The molecule has 0 radical (unpaired) electrons. The molecule has 0 aromatic carbocycles. The van der Waals surface area contributed by atoms with Gasteiger partial charge in [-0.15, -0.1) is 0 Å². The number of hydrogen-bond acceptors (Lipinski definition) is 5. The number of carbonyl (C=O) groups excluding carboxylic acids is 1. The zero-order valence-electron chi connectivity index (χ0n) is 11.2. The highest BCUT2D eigenvalue weighted by molar-refractivity contribution is 7.98. The third kappa shape index (κ3) is 3.51. The van der Waals surface area contributed by atoms with Crippen molar-refractivity contribution in [3.05, 3.63) is 17.7 Å². The average molecular weight is 298 g/mol. The van der Waals surface area contributed by atoms with Gasteiger partial charge in [-0.3, -0.25) is 10.1 Å². The van der Waals surface area contributed by atoms with Crippen molar-refractivity contribution in [3.8, 4) is 0 Å².